The molecule has 0 atom stereocenters. The molecule has 1 aromatic rings. The van der Waals surface area contributed by atoms with Gasteiger partial charge < -0.3 is 10.5 Å². The summed E-state index contributed by atoms with van der Waals surface area (Å²) in [6.45, 7) is 0.607. The van der Waals surface area contributed by atoms with Gasteiger partial charge in [-0.2, -0.15) is 0 Å². The molecule has 76 valence electrons. The van der Waals surface area contributed by atoms with Crippen molar-refractivity contribution in [3.05, 3.63) is 27.1 Å². The van der Waals surface area contributed by atoms with Crippen molar-refractivity contribution in [2.24, 2.45) is 5.73 Å². The molecule has 1 fully saturated rings. The van der Waals surface area contributed by atoms with E-state index in [1.54, 1.807) is 0 Å². The molecule has 2 nitrogen and oxygen atoms in total. The minimum absolute atomic E-state index is 0.0607. The van der Waals surface area contributed by atoms with Gasteiger partial charge in [-0.25, -0.2) is 0 Å². The van der Waals surface area contributed by atoms with Crippen LogP contribution in [-0.2, 0) is 0 Å². The molecule has 1 aliphatic rings. The van der Waals surface area contributed by atoms with Crippen LogP contribution in [-0.4, -0.2) is 12.1 Å². The van der Waals surface area contributed by atoms with Crippen molar-refractivity contribution in [3.63, 3.8) is 0 Å². The highest BCUT2D eigenvalue weighted by atomic mass is 79.9. The summed E-state index contributed by atoms with van der Waals surface area (Å²) in [6.07, 6.45) is 2.14. The van der Waals surface area contributed by atoms with Crippen LogP contribution in [0.3, 0.4) is 0 Å². The minimum atomic E-state index is -0.0607. The van der Waals surface area contributed by atoms with Gasteiger partial charge in [0.25, 0.3) is 0 Å². The fourth-order valence-electron chi connectivity index (χ4n) is 1.14. The lowest BCUT2D eigenvalue weighted by Crippen LogP contribution is -2.29. The van der Waals surface area contributed by atoms with Crippen molar-refractivity contribution in [3.8, 4) is 5.75 Å². The smallest absolute Gasteiger partial charge is 0.121 e. The van der Waals surface area contributed by atoms with E-state index in [1.807, 2.05) is 18.2 Å². The van der Waals surface area contributed by atoms with Gasteiger partial charge in [0, 0.05) is 8.95 Å². The van der Waals surface area contributed by atoms with Crippen LogP contribution in [0.5, 0.6) is 5.75 Å². The Balaban J connectivity index is 2.01. The number of halogens is 2. The van der Waals surface area contributed by atoms with E-state index in [-0.39, 0.29) is 5.54 Å². The lowest BCUT2D eigenvalue weighted by Gasteiger charge is -2.11. The molecular formula is C10H11Br2NO. The second-order valence-electron chi connectivity index (χ2n) is 3.76. The van der Waals surface area contributed by atoms with E-state index in [1.165, 1.54) is 0 Å². The summed E-state index contributed by atoms with van der Waals surface area (Å²) in [5.41, 5.74) is 5.86. The first kappa shape index (κ1) is 10.5. The van der Waals surface area contributed by atoms with Gasteiger partial charge in [-0.1, -0.05) is 31.9 Å². The summed E-state index contributed by atoms with van der Waals surface area (Å²) < 4.78 is 7.62. The Morgan fingerprint density at radius 3 is 2.29 bits per heavy atom. The maximum absolute atomic E-state index is 5.92. The van der Waals surface area contributed by atoms with Crippen molar-refractivity contribution in [1.29, 1.82) is 0 Å². The van der Waals surface area contributed by atoms with E-state index in [0.29, 0.717) is 6.61 Å². The van der Waals surface area contributed by atoms with Crippen LogP contribution in [0.15, 0.2) is 27.1 Å². The zero-order valence-electron chi connectivity index (χ0n) is 7.59. The Hall–Kier alpha value is -0.0600. The molecule has 0 amide bonds. The topological polar surface area (TPSA) is 35.2 Å². The Kier molecular flexibility index (Phi) is 2.86. The van der Waals surface area contributed by atoms with Crippen LogP contribution < -0.4 is 10.5 Å². The normalized spacial score (nSPS) is 17.9. The van der Waals surface area contributed by atoms with Crippen molar-refractivity contribution in [1.82, 2.24) is 0 Å². The summed E-state index contributed by atoms with van der Waals surface area (Å²) >= 11 is 6.82. The molecule has 0 aromatic heterocycles. The zero-order valence-corrected chi connectivity index (χ0v) is 10.8. The Morgan fingerprint density at radius 2 is 1.79 bits per heavy atom. The molecule has 0 heterocycles. The summed E-state index contributed by atoms with van der Waals surface area (Å²) in [5, 5.41) is 0. The third-order valence-corrected chi connectivity index (χ3v) is 3.17. The largest absolute Gasteiger partial charge is 0.492 e. The molecule has 0 unspecified atom stereocenters. The zero-order chi connectivity index (χ0) is 10.2. The number of rotatable bonds is 3. The van der Waals surface area contributed by atoms with Crippen LogP contribution in [0, 0.1) is 0 Å². The maximum atomic E-state index is 5.92. The van der Waals surface area contributed by atoms with Gasteiger partial charge in [-0.05, 0) is 31.0 Å². The fraction of sp³-hybridized carbons (Fsp3) is 0.400. The molecule has 14 heavy (non-hydrogen) atoms. The van der Waals surface area contributed by atoms with Crippen molar-refractivity contribution in [2.45, 2.75) is 18.4 Å². The molecule has 2 N–H and O–H groups in total. The lowest BCUT2D eigenvalue weighted by molar-refractivity contribution is 0.279. The average Bonchev–Trinajstić information content (AvgIpc) is 2.80. The highest BCUT2D eigenvalue weighted by molar-refractivity contribution is 9.11. The standard InChI is InChI=1S/C10H11Br2NO/c11-7-3-8(12)5-9(4-7)14-6-10(13)1-2-10/h3-5H,1-2,6,13H2. The van der Waals surface area contributed by atoms with E-state index in [2.05, 4.69) is 31.9 Å². The monoisotopic (exact) mass is 319 g/mol. The third kappa shape index (κ3) is 2.72. The molecule has 0 aliphatic heterocycles. The molecular weight excluding hydrogens is 310 g/mol. The average molecular weight is 321 g/mol. The van der Waals surface area contributed by atoms with E-state index < -0.39 is 0 Å². The quantitative estimate of drug-likeness (QED) is 0.929. The van der Waals surface area contributed by atoms with E-state index >= 15 is 0 Å². The van der Waals surface area contributed by atoms with Gasteiger partial charge in [-0.15, -0.1) is 0 Å². The lowest BCUT2D eigenvalue weighted by atomic mass is 10.3. The SMILES string of the molecule is NC1(COc2cc(Br)cc(Br)c2)CC1. The number of hydrogen-bond donors (Lipinski definition) is 1. The molecule has 1 aliphatic carbocycles. The third-order valence-electron chi connectivity index (χ3n) is 2.25. The van der Waals surface area contributed by atoms with Gasteiger partial charge in [-0.3, -0.25) is 0 Å². The van der Waals surface area contributed by atoms with Crippen molar-refractivity contribution in [2.75, 3.05) is 6.61 Å². The van der Waals surface area contributed by atoms with Crippen molar-refractivity contribution >= 4 is 31.9 Å². The van der Waals surface area contributed by atoms with E-state index in [0.717, 1.165) is 27.5 Å². The maximum Gasteiger partial charge on any atom is 0.121 e. The molecule has 4 heteroatoms. The summed E-state index contributed by atoms with van der Waals surface area (Å²) in [5.74, 6) is 0.850. The van der Waals surface area contributed by atoms with Gasteiger partial charge in [0.05, 0.1) is 5.54 Å². The number of ether oxygens (including phenoxy) is 1. The molecule has 0 saturated heterocycles. The Bertz CT molecular complexity index is 330. The fourth-order valence-corrected chi connectivity index (χ4v) is 2.40. The molecule has 0 radical (unpaired) electrons. The molecule has 2 rings (SSSR count). The first-order chi connectivity index (χ1) is 6.57. The predicted octanol–water partition coefficient (Wildman–Crippen LogP) is 3.08. The first-order valence-corrected chi connectivity index (χ1v) is 6.04. The van der Waals surface area contributed by atoms with Gasteiger partial charge in [0.15, 0.2) is 0 Å². The van der Waals surface area contributed by atoms with E-state index in [4.69, 9.17) is 10.5 Å². The molecule has 0 bridgehead atoms. The van der Waals surface area contributed by atoms with Crippen LogP contribution >= 0.6 is 31.9 Å². The Morgan fingerprint density at radius 1 is 1.21 bits per heavy atom. The highest BCUT2D eigenvalue weighted by Gasteiger charge is 2.39. The molecule has 0 spiro atoms. The predicted molar refractivity (Wildman–Crippen MR) is 63.5 cm³/mol. The number of hydrogen-bond acceptors (Lipinski definition) is 2. The second kappa shape index (κ2) is 3.83. The van der Waals surface area contributed by atoms with Crippen LogP contribution in [0.1, 0.15) is 12.8 Å². The van der Waals surface area contributed by atoms with Gasteiger partial charge in [0.1, 0.15) is 12.4 Å². The van der Waals surface area contributed by atoms with Crippen molar-refractivity contribution < 1.29 is 4.74 Å². The summed E-state index contributed by atoms with van der Waals surface area (Å²) in [6, 6.07) is 5.86. The van der Waals surface area contributed by atoms with Crippen LogP contribution in [0.4, 0.5) is 0 Å². The molecule has 1 saturated carbocycles. The van der Waals surface area contributed by atoms with Crippen LogP contribution in [0.2, 0.25) is 0 Å². The van der Waals surface area contributed by atoms with Gasteiger partial charge >= 0.3 is 0 Å². The first-order valence-electron chi connectivity index (χ1n) is 4.45. The van der Waals surface area contributed by atoms with E-state index in [9.17, 15) is 0 Å². The summed E-state index contributed by atoms with van der Waals surface area (Å²) in [7, 11) is 0. The molecule has 1 aromatic carbocycles. The number of benzene rings is 1. The highest BCUT2D eigenvalue weighted by Crippen LogP contribution is 2.33. The second-order valence-corrected chi connectivity index (χ2v) is 5.59. The summed E-state index contributed by atoms with van der Waals surface area (Å²) in [4.78, 5) is 0. The van der Waals surface area contributed by atoms with Crippen LogP contribution in [0.25, 0.3) is 0 Å². The Labute approximate surface area is 100 Å². The van der Waals surface area contributed by atoms with Gasteiger partial charge in [0.2, 0.25) is 0 Å². The minimum Gasteiger partial charge on any atom is -0.492 e. The number of nitrogens with two attached hydrogens (primary N) is 1.